The highest BCUT2D eigenvalue weighted by atomic mass is 35.5. The van der Waals surface area contributed by atoms with Gasteiger partial charge in [0.05, 0.1) is 18.1 Å². The summed E-state index contributed by atoms with van der Waals surface area (Å²) in [5.41, 5.74) is 2.39. The minimum Gasteiger partial charge on any atom is -0.379 e. The highest BCUT2D eigenvalue weighted by Gasteiger charge is 2.26. The molecule has 8 heteroatoms. The van der Waals surface area contributed by atoms with E-state index in [4.69, 9.17) is 27.9 Å². The Morgan fingerprint density at radius 2 is 1.77 bits per heavy atom. The van der Waals surface area contributed by atoms with Crippen LogP contribution in [0, 0.1) is 0 Å². The monoisotopic (exact) mass is 410 g/mol. The average molecular weight is 411 g/mol. The molecular formula is C18H16Cl2N2O3S. The van der Waals surface area contributed by atoms with Crippen LogP contribution in [0.1, 0.15) is 0 Å². The summed E-state index contributed by atoms with van der Waals surface area (Å²) in [5, 5.41) is 1.95. The third-order valence-corrected chi connectivity index (χ3v) is 6.88. The third-order valence-electron chi connectivity index (χ3n) is 4.42. The molecule has 0 bridgehead atoms. The van der Waals surface area contributed by atoms with E-state index in [2.05, 4.69) is 4.98 Å². The molecule has 0 aliphatic carbocycles. The minimum atomic E-state index is -3.53. The first-order chi connectivity index (χ1) is 12.4. The number of hydrogen-bond donors (Lipinski definition) is 1. The van der Waals surface area contributed by atoms with Crippen LogP contribution in [-0.4, -0.2) is 44.0 Å². The second-order valence-electron chi connectivity index (χ2n) is 6.07. The smallest absolute Gasteiger partial charge is 0.243 e. The molecule has 4 rings (SSSR count). The van der Waals surface area contributed by atoms with E-state index < -0.39 is 10.0 Å². The Labute approximate surface area is 161 Å². The Bertz CT molecular complexity index is 1070. The van der Waals surface area contributed by atoms with Gasteiger partial charge in [-0.15, -0.1) is 0 Å². The number of nitrogens with one attached hydrogen (secondary N) is 1. The molecule has 2 aromatic carbocycles. The van der Waals surface area contributed by atoms with Gasteiger partial charge in [0.2, 0.25) is 10.0 Å². The van der Waals surface area contributed by atoms with E-state index in [1.165, 1.54) is 4.31 Å². The maximum atomic E-state index is 12.8. The zero-order chi connectivity index (χ0) is 18.3. The minimum absolute atomic E-state index is 0.273. The van der Waals surface area contributed by atoms with Gasteiger partial charge in [0.15, 0.2) is 0 Å². The Morgan fingerprint density at radius 3 is 2.54 bits per heavy atom. The molecular weight excluding hydrogens is 395 g/mol. The van der Waals surface area contributed by atoms with E-state index in [1.807, 2.05) is 6.07 Å². The fourth-order valence-corrected chi connectivity index (χ4v) is 4.89. The van der Waals surface area contributed by atoms with Gasteiger partial charge in [-0.05, 0) is 42.5 Å². The summed E-state index contributed by atoms with van der Waals surface area (Å²) in [6, 6.07) is 12.2. The number of nitrogens with zero attached hydrogens (tertiary/aromatic N) is 1. The van der Waals surface area contributed by atoms with Crippen LogP contribution >= 0.6 is 23.2 Å². The number of rotatable bonds is 3. The molecule has 0 radical (unpaired) electrons. The SMILES string of the molecule is O=S(=O)(c1ccc2[nH]c(-c3cc(Cl)ccc3Cl)cc2c1)N1CCOCC1. The summed E-state index contributed by atoms with van der Waals surface area (Å²) < 4.78 is 32.4. The maximum Gasteiger partial charge on any atom is 0.243 e. The number of fused-ring (bicyclic) bond motifs is 1. The highest BCUT2D eigenvalue weighted by molar-refractivity contribution is 7.89. The molecule has 26 heavy (non-hydrogen) atoms. The normalized spacial score (nSPS) is 16.2. The molecule has 0 saturated carbocycles. The van der Waals surface area contributed by atoms with E-state index in [9.17, 15) is 8.42 Å². The van der Waals surface area contributed by atoms with Crippen molar-refractivity contribution in [2.24, 2.45) is 0 Å². The van der Waals surface area contributed by atoms with Crippen LogP contribution in [0.3, 0.4) is 0 Å². The van der Waals surface area contributed by atoms with Crippen molar-refractivity contribution < 1.29 is 13.2 Å². The second-order valence-corrected chi connectivity index (χ2v) is 8.85. The maximum absolute atomic E-state index is 12.8. The molecule has 1 fully saturated rings. The number of ether oxygens (including phenoxy) is 1. The molecule has 0 amide bonds. The zero-order valence-electron chi connectivity index (χ0n) is 13.7. The van der Waals surface area contributed by atoms with Crippen LogP contribution in [0.5, 0.6) is 0 Å². The van der Waals surface area contributed by atoms with E-state index >= 15 is 0 Å². The number of H-pyrrole nitrogens is 1. The third kappa shape index (κ3) is 3.23. The van der Waals surface area contributed by atoms with Gasteiger partial charge in [-0.3, -0.25) is 0 Å². The van der Waals surface area contributed by atoms with Crippen molar-refractivity contribution in [2.75, 3.05) is 26.3 Å². The standard InChI is InChI=1S/C18H16Cl2N2O3S/c19-13-1-3-16(20)15(11-13)18-10-12-9-14(2-4-17(12)21-18)26(23,24)22-5-7-25-8-6-22/h1-4,9-11,21H,5-8H2. The highest BCUT2D eigenvalue weighted by Crippen LogP contribution is 2.33. The van der Waals surface area contributed by atoms with Gasteiger partial charge < -0.3 is 9.72 Å². The number of benzene rings is 2. The van der Waals surface area contributed by atoms with Crippen molar-refractivity contribution in [2.45, 2.75) is 4.90 Å². The zero-order valence-corrected chi connectivity index (χ0v) is 16.0. The van der Waals surface area contributed by atoms with E-state index in [0.717, 1.165) is 22.2 Å². The summed E-state index contributed by atoms with van der Waals surface area (Å²) >= 11 is 12.3. The first kappa shape index (κ1) is 17.8. The second kappa shape index (κ2) is 6.87. The Hall–Kier alpha value is -1.57. The van der Waals surface area contributed by atoms with Crippen molar-refractivity contribution in [1.29, 1.82) is 0 Å². The summed E-state index contributed by atoms with van der Waals surface area (Å²) in [7, 11) is -3.53. The molecule has 0 atom stereocenters. The van der Waals surface area contributed by atoms with E-state index in [0.29, 0.717) is 36.3 Å². The summed E-state index contributed by atoms with van der Waals surface area (Å²) in [6.45, 7) is 1.58. The molecule has 5 nitrogen and oxygen atoms in total. The average Bonchev–Trinajstić information content (AvgIpc) is 3.07. The van der Waals surface area contributed by atoms with Gasteiger partial charge >= 0.3 is 0 Å². The first-order valence-corrected chi connectivity index (χ1v) is 10.3. The van der Waals surface area contributed by atoms with Crippen LogP contribution in [0.2, 0.25) is 10.0 Å². The molecule has 1 N–H and O–H groups in total. The van der Waals surface area contributed by atoms with Crippen molar-refractivity contribution >= 4 is 44.1 Å². The molecule has 0 spiro atoms. The predicted molar refractivity (Wildman–Crippen MR) is 103 cm³/mol. The van der Waals surface area contributed by atoms with Crippen molar-refractivity contribution in [3.8, 4) is 11.3 Å². The Kier molecular flexibility index (Phi) is 4.71. The number of aromatic nitrogens is 1. The summed E-state index contributed by atoms with van der Waals surface area (Å²) in [4.78, 5) is 3.54. The van der Waals surface area contributed by atoms with Crippen molar-refractivity contribution in [3.63, 3.8) is 0 Å². The fourth-order valence-electron chi connectivity index (χ4n) is 3.06. The summed E-state index contributed by atoms with van der Waals surface area (Å²) in [5.74, 6) is 0. The number of sulfonamides is 1. The van der Waals surface area contributed by atoms with Gasteiger partial charge in [0, 0.05) is 45.3 Å². The number of morpholine rings is 1. The van der Waals surface area contributed by atoms with Crippen LogP contribution in [0.15, 0.2) is 47.4 Å². The molecule has 1 aromatic heterocycles. The number of halogens is 2. The van der Waals surface area contributed by atoms with Crippen LogP contribution in [0.25, 0.3) is 22.2 Å². The van der Waals surface area contributed by atoms with Crippen molar-refractivity contribution in [1.82, 2.24) is 9.29 Å². The van der Waals surface area contributed by atoms with Gasteiger partial charge in [-0.25, -0.2) is 8.42 Å². The molecule has 0 unspecified atom stereocenters. The quantitative estimate of drug-likeness (QED) is 0.704. The van der Waals surface area contributed by atoms with Crippen LogP contribution < -0.4 is 0 Å². The molecule has 136 valence electrons. The van der Waals surface area contributed by atoms with Crippen LogP contribution in [0.4, 0.5) is 0 Å². The lowest BCUT2D eigenvalue weighted by Gasteiger charge is -2.26. The van der Waals surface area contributed by atoms with Crippen molar-refractivity contribution in [3.05, 3.63) is 52.5 Å². The largest absolute Gasteiger partial charge is 0.379 e. The van der Waals surface area contributed by atoms with E-state index in [-0.39, 0.29) is 4.90 Å². The number of hydrogen-bond acceptors (Lipinski definition) is 3. The van der Waals surface area contributed by atoms with Gasteiger partial charge in [-0.1, -0.05) is 23.2 Å². The lowest BCUT2D eigenvalue weighted by atomic mass is 10.1. The molecule has 1 saturated heterocycles. The Balaban J connectivity index is 1.75. The molecule has 1 aliphatic heterocycles. The Morgan fingerprint density at radius 1 is 1.00 bits per heavy atom. The molecule has 3 aromatic rings. The predicted octanol–water partition coefficient (Wildman–Crippen LogP) is 4.16. The first-order valence-electron chi connectivity index (χ1n) is 8.11. The van der Waals surface area contributed by atoms with Gasteiger partial charge in [0.1, 0.15) is 0 Å². The topological polar surface area (TPSA) is 62.4 Å². The summed E-state index contributed by atoms with van der Waals surface area (Å²) in [6.07, 6.45) is 0. The fraction of sp³-hybridized carbons (Fsp3) is 0.222. The number of aromatic amines is 1. The van der Waals surface area contributed by atoms with Gasteiger partial charge in [0.25, 0.3) is 0 Å². The van der Waals surface area contributed by atoms with Crippen LogP contribution in [-0.2, 0) is 14.8 Å². The molecule has 1 aliphatic rings. The van der Waals surface area contributed by atoms with Gasteiger partial charge in [-0.2, -0.15) is 4.31 Å². The lowest BCUT2D eigenvalue weighted by Crippen LogP contribution is -2.40. The molecule has 2 heterocycles. The lowest BCUT2D eigenvalue weighted by molar-refractivity contribution is 0.0730. The van der Waals surface area contributed by atoms with E-state index in [1.54, 1.807) is 36.4 Å².